The Morgan fingerprint density at radius 3 is 1.47 bits per heavy atom. The minimum Gasteiger partial charge on any atom is -0.300 e. The molecule has 0 N–H and O–H groups in total. The largest absolute Gasteiger partial charge is 0.300 e. The molecule has 1 nitrogen and oxygen atoms in total. The number of hydrogen-bond donors (Lipinski definition) is 0. The Labute approximate surface area is 204 Å². The van der Waals surface area contributed by atoms with Gasteiger partial charge in [-0.25, -0.2) is 0 Å². The molecule has 0 saturated heterocycles. The van der Waals surface area contributed by atoms with Gasteiger partial charge < -0.3 is 0 Å². The lowest BCUT2D eigenvalue weighted by Gasteiger charge is -2.43. The second-order valence-electron chi connectivity index (χ2n) is 12.5. The maximum absolute atomic E-state index is 10.5. The highest BCUT2D eigenvalue weighted by Gasteiger charge is 2.35. The van der Waals surface area contributed by atoms with Crippen molar-refractivity contribution in [3.8, 4) is 0 Å². The Morgan fingerprint density at radius 1 is 0.656 bits per heavy atom. The van der Waals surface area contributed by atoms with Crippen molar-refractivity contribution >= 4 is 5.78 Å². The van der Waals surface area contributed by atoms with Crippen molar-refractivity contribution in [1.82, 2.24) is 0 Å². The minimum atomic E-state index is 0.464. The van der Waals surface area contributed by atoms with Gasteiger partial charge in [-0.05, 0) is 67.6 Å². The summed E-state index contributed by atoms with van der Waals surface area (Å²) in [4.78, 5) is 10.5. The van der Waals surface area contributed by atoms with Crippen LogP contribution in [0.15, 0.2) is 0 Å². The first kappa shape index (κ1) is 31.7. The van der Waals surface area contributed by atoms with Crippen molar-refractivity contribution in [2.45, 2.75) is 171 Å². The minimum absolute atomic E-state index is 0.464. The summed E-state index contributed by atoms with van der Waals surface area (Å²) in [5, 5.41) is 0. The first-order valence-electron chi connectivity index (χ1n) is 14.6. The van der Waals surface area contributed by atoms with Gasteiger partial charge in [-0.3, -0.25) is 4.79 Å². The van der Waals surface area contributed by atoms with Crippen LogP contribution in [0.4, 0.5) is 0 Å². The zero-order valence-electron chi connectivity index (χ0n) is 23.8. The molecule has 4 aliphatic carbocycles. The molecule has 0 aromatic heterocycles. The molecule has 4 aliphatic rings. The number of rotatable bonds is 2. The van der Waals surface area contributed by atoms with Crippen LogP contribution in [0.5, 0.6) is 0 Å². The van der Waals surface area contributed by atoms with Crippen LogP contribution >= 0.6 is 0 Å². The lowest BCUT2D eigenvalue weighted by molar-refractivity contribution is -0.120. The highest BCUT2D eigenvalue weighted by molar-refractivity contribution is 5.78. The molecule has 4 fully saturated rings. The number of carbonyl (C=O) groups is 1. The normalized spacial score (nSPS) is 26.7. The first-order chi connectivity index (χ1) is 15.1. The fourth-order valence-corrected chi connectivity index (χ4v) is 4.87. The molecule has 4 rings (SSSR count). The number of ketones is 1. The van der Waals surface area contributed by atoms with Crippen LogP contribution < -0.4 is 0 Å². The molecule has 0 amide bonds. The maximum Gasteiger partial charge on any atom is 0.132 e. The highest BCUT2D eigenvalue weighted by atomic mass is 16.1. The van der Waals surface area contributed by atoms with Gasteiger partial charge in [0.25, 0.3) is 0 Å². The van der Waals surface area contributed by atoms with Gasteiger partial charge in [0, 0.05) is 12.8 Å². The topological polar surface area (TPSA) is 17.1 Å². The molecule has 0 aliphatic heterocycles. The van der Waals surface area contributed by atoms with E-state index >= 15 is 0 Å². The SMILES string of the molecule is CC1(C)CC1.CC1(C)CCC2CCCCC2C1.CCC.CCCCC.O=C1CCCCC1. The molecule has 1 heteroatoms. The van der Waals surface area contributed by atoms with E-state index in [4.69, 9.17) is 0 Å². The number of unbranched alkanes of at least 4 members (excludes halogenated alkanes) is 2. The Morgan fingerprint density at radius 2 is 1.12 bits per heavy atom. The third-order valence-electron chi connectivity index (χ3n) is 7.44. The first-order valence-corrected chi connectivity index (χ1v) is 14.6. The fourth-order valence-electron chi connectivity index (χ4n) is 4.87. The Balaban J connectivity index is 0.000000413. The van der Waals surface area contributed by atoms with Crippen LogP contribution in [0.3, 0.4) is 0 Å². The van der Waals surface area contributed by atoms with Crippen LogP contribution in [0.25, 0.3) is 0 Å². The van der Waals surface area contributed by atoms with E-state index in [1.54, 1.807) is 6.42 Å². The quantitative estimate of drug-likeness (QED) is 0.408. The average molecular weight is 451 g/mol. The predicted molar refractivity (Wildman–Crippen MR) is 145 cm³/mol. The molecule has 4 saturated carbocycles. The molecule has 0 aromatic rings. The van der Waals surface area contributed by atoms with E-state index in [1.165, 1.54) is 83.5 Å². The van der Waals surface area contributed by atoms with Gasteiger partial charge >= 0.3 is 0 Å². The van der Waals surface area contributed by atoms with E-state index in [9.17, 15) is 4.79 Å². The lowest BCUT2D eigenvalue weighted by atomic mass is 9.63. The Kier molecular flexibility index (Phi) is 17.9. The molecule has 0 heterocycles. The molecule has 0 radical (unpaired) electrons. The van der Waals surface area contributed by atoms with E-state index in [2.05, 4.69) is 55.4 Å². The maximum atomic E-state index is 10.5. The van der Waals surface area contributed by atoms with Crippen molar-refractivity contribution in [1.29, 1.82) is 0 Å². The van der Waals surface area contributed by atoms with Crippen molar-refractivity contribution in [3.63, 3.8) is 0 Å². The van der Waals surface area contributed by atoms with Gasteiger partial charge in [-0.1, -0.05) is 113 Å². The summed E-state index contributed by atoms with van der Waals surface area (Å²) >= 11 is 0. The Bertz CT molecular complexity index is 431. The summed E-state index contributed by atoms with van der Waals surface area (Å²) in [6.07, 6.45) is 24.1. The second-order valence-corrected chi connectivity index (χ2v) is 12.5. The van der Waals surface area contributed by atoms with E-state index in [0.29, 0.717) is 11.2 Å². The van der Waals surface area contributed by atoms with Crippen molar-refractivity contribution in [3.05, 3.63) is 0 Å². The van der Waals surface area contributed by atoms with Crippen LogP contribution in [0.1, 0.15) is 171 Å². The van der Waals surface area contributed by atoms with Gasteiger partial charge in [0.15, 0.2) is 0 Å². The van der Waals surface area contributed by atoms with Crippen molar-refractivity contribution < 1.29 is 4.79 Å². The zero-order chi connectivity index (χ0) is 24.5. The number of fused-ring (bicyclic) bond motifs is 1. The molecule has 0 bridgehead atoms. The monoisotopic (exact) mass is 450 g/mol. The lowest BCUT2D eigenvalue weighted by Crippen LogP contribution is -2.31. The van der Waals surface area contributed by atoms with Crippen LogP contribution in [-0.2, 0) is 4.79 Å². The van der Waals surface area contributed by atoms with Gasteiger partial charge in [-0.2, -0.15) is 0 Å². The summed E-state index contributed by atoms with van der Waals surface area (Å²) in [7, 11) is 0. The van der Waals surface area contributed by atoms with E-state index in [-0.39, 0.29) is 0 Å². The van der Waals surface area contributed by atoms with Gasteiger partial charge in [0.1, 0.15) is 5.78 Å². The molecular formula is C31H62O. The summed E-state index contributed by atoms with van der Waals surface area (Å²) in [5.74, 6) is 2.68. The summed E-state index contributed by atoms with van der Waals surface area (Å²) in [6.45, 7) is 18.2. The Hall–Kier alpha value is -0.330. The van der Waals surface area contributed by atoms with E-state index < -0.39 is 0 Å². The fraction of sp³-hybridized carbons (Fsp3) is 0.968. The van der Waals surface area contributed by atoms with Crippen LogP contribution in [0, 0.1) is 22.7 Å². The zero-order valence-corrected chi connectivity index (χ0v) is 23.8. The number of carbonyl (C=O) groups excluding carboxylic acids is 1. The summed E-state index contributed by atoms with van der Waals surface area (Å²) < 4.78 is 0. The third kappa shape index (κ3) is 18.1. The molecule has 32 heavy (non-hydrogen) atoms. The van der Waals surface area contributed by atoms with Crippen molar-refractivity contribution in [2.24, 2.45) is 22.7 Å². The molecule has 2 unspecified atom stereocenters. The molecular weight excluding hydrogens is 388 g/mol. The van der Waals surface area contributed by atoms with Crippen LogP contribution in [0.2, 0.25) is 0 Å². The number of hydrogen-bond acceptors (Lipinski definition) is 1. The number of Topliss-reactive ketones (excluding diaryl/α,β-unsaturated/α-hetero) is 1. The van der Waals surface area contributed by atoms with Gasteiger partial charge in [-0.15, -0.1) is 0 Å². The smallest absolute Gasteiger partial charge is 0.132 e. The average Bonchev–Trinajstić information content (AvgIpc) is 3.45. The molecule has 2 atom stereocenters. The summed E-state index contributed by atoms with van der Waals surface area (Å²) in [5.41, 5.74) is 1.42. The van der Waals surface area contributed by atoms with Crippen molar-refractivity contribution in [2.75, 3.05) is 0 Å². The molecule has 0 aromatic carbocycles. The third-order valence-corrected chi connectivity index (χ3v) is 7.44. The van der Waals surface area contributed by atoms with E-state index in [0.717, 1.165) is 42.9 Å². The second kappa shape index (κ2) is 18.1. The standard InChI is InChI=1S/C12H22.C6H10O.C5H10.C5H12.C3H8/c1-12(2)8-7-10-5-3-4-6-11(10)9-12;7-6-4-2-1-3-5-6;1-5(2)3-4-5;1-3-5-4-2;1-3-2/h10-11H,3-9H2,1-2H3;1-5H2;3-4H2,1-2H3;3-5H2,1-2H3;3H2,1-2H3. The van der Waals surface area contributed by atoms with Crippen LogP contribution in [-0.4, -0.2) is 5.78 Å². The summed E-state index contributed by atoms with van der Waals surface area (Å²) in [6, 6.07) is 0. The highest BCUT2D eigenvalue weighted by Crippen LogP contribution is 2.47. The van der Waals surface area contributed by atoms with Gasteiger partial charge in [0.2, 0.25) is 0 Å². The van der Waals surface area contributed by atoms with Gasteiger partial charge in [0.05, 0.1) is 0 Å². The van der Waals surface area contributed by atoms with E-state index in [1.807, 2.05) is 0 Å². The molecule has 192 valence electrons. The predicted octanol–water partition coefficient (Wildman–Crippen LogP) is 10.9. The molecule has 0 spiro atoms.